The largest absolute Gasteiger partial charge is 0.369 e. The molecule has 14 heavy (non-hydrogen) atoms. The van der Waals surface area contributed by atoms with Crippen LogP contribution in [0.15, 0.2) is 12.3 Å². The van der Waals surface area contributed by atoms with Gasteiger partial charge in [0.05, 0.1) is 11.7 Å². The smallest absolute Gasteiger partial charge is 0.207 e. The monoisotopic (exact) mass is 210 g/mol. The van der Waals surface area contributed by atoms with E-state index in [1.165, 1.54) is 0 Å². The molecule has 0 bridgehead atoms. The van der Waals surface area contributed by atoms with Crippen LogP contribution in [0.2, 0.25) is 5.15 Å². The summed E-state index contributed by atoms with van der Waals surface area (Å²) in [5.41, 5.74) is 6.65. The zero-order valence-corrected chi connectivity index (χ0v) is 8.62. The van der Waals surface area contributed by atoms with Gasteiger partial charge in [-0.1, -0.05) is 18.5 Å². The van der Waals surface area contributed by atoms with Crippen LogP contribution in [0, 0.1) is 0 Å². The molecular weight excluding hydrogens is 200 g/mol. The summed E-state index contributed by atoms with van der Waals surface area (Å²) in [6, 6.07) is 1.75. The molecule has 0 aliphatic carbocycles. The SMILES string of the molecule is CCCc1ncc2cc(Cl)nc(N)n12. The van der Waals surface area contributed by atoms with Crippen molar-refractivity contribution in [3.8, 4) is 0 Å². The van der Waals surface area contributed by atoms with Crippen molar-refractivity contribution in [2.45, 2.75) is 19.8 Å². The van der Waals surface area contributed by atoms with Gasteiger partial charge in [0.2, 0.25) is 5.95 Å². The Bertz CT molecular complexity index is 463. The highest BCUT2D eigenvalue weighted by molar-refractivity contribution is 6.29. The molecule has 0 radical (unpaired) electrons. The first-order valence-corrected chi connectivity index (χ1v) is 4.88. The molecule has 0 spiro atoms. The fraction of sp³-hybridized carbons (Fsp3) is 0.333. The molecule has 2 aromatic heterocycles. The second kappa shape index (κ2) is 3.46. The van der Waals surface area contributed by atoms with E-state index in [0.717, 1.165) is 24.2 Å². The molecule has 0 aliphatic rings. The number of nitrogen functional groups attached to an aromatic ring is 1. The zero-order chi connectivity index (χ0) is 10.1. The summed E-state index contributed by atoms with van der Waals surface area (Å²) < 4.78 is 1.83. The predicted molar refractivity (Wildman–Crippen MR) is 56.4 cm³/mol. The van der Waals surface area contributed by atoms with Gasteiger partial charge in [-0.05, 0) is 6.42 Å². The van der Waals surface area contributed by atoms with Crippen molar-refractivity contribution in [1.29, 1.82) is 0 Å². The average molecular weight is 211 g/mol. The van der Waals surface area contributed by atoms with Crippen molar-refractivity contribution in [3.63, 3.8) is 0 Å². The van der Waals surface area contributed by atoms with Gasteiger partial charge in [0.25, 0.3) is 0 Å². The Hall–Kier alpha value is -1.29. The summed E-state index contributed by atoms with van der Waals surface area (Å²) in [6.07, 6.45) is 3.68. The van der Waals surface area contributed by atoms with E-state index in [9.17, 15) is 0 Å². The minimum Gasteiger partial charge on any atom is -0.369 e. The number of halogens is 1. The highest BCUT2D eigenvalue weighted by Gasteiger charge is 2.07. The van der Waals surface area contributed by atoms with Crippen molar-refractivity contribution < 1.29 is 0 Å². The van der Waals surface area contributed by atoms with Gasteiger partial charge in [-0.15, -0.1) is 0 Å². The third-order valence-electron chi connectivity index (χ3n) is 2.05. The number of rotatable bonds is 2. The molecular formula is C9H11ClN4. The average Bonchev–Trinajstić information content (AvgIpc) is 2.49. The van der Waals surface area contributed by atoms with Crippen LogP contribution in [-0.4, -0.2) is 14.4 Å². The number of imidazole rings is 1. The summed E-state index contributed by atoms with van der Waals surface area (Å²) >= 11 is 5.78. The van der Waals surface area contributed by atoms with E-state index in [0.29, 0.717) is 11.1 Å². The van der Waals surface area contributed by atoms with Crippen LogP contribution >= 0.6 is 11.6 Å². The molecule has 5 heteroatoms. The van der Waals surface area contributed by atoms with E-state index in [-0.39, 0.29) is 0 Å². The lowest BCUT2D eigenvalue weighted by Gasteiger charge is -2.03. The van der Waals surface area contributed by atoms with E-state index < -0.39 is 0 Å². The quantitative estimate of drug-likeness (QED) is 0.771. The number of aromatic nitrogens is 3. The normalized spacial score (nSPS) is 11.0. The van der Waals surface area contributed by atoms with Crippen LogP contribution < -0.4 is 5.73 Å². The van der Waals surface area contributed by atoms with E-state index >= 15 is 0 Å². The van der Waals surface area contributed by atoms with Gasteiger partial charge in [0.1, 0.15) is 11.0 Å². The van der Waals surface area contributed by atoms with E-state index in [2.05, 4.69) is 16.9 Å². The summed E-state index contributed by atoms with van der Waals surface area (Å²) in [7, 11) is 0. The van der Waals surface area contributed by atoms with E-state index in [1.807, 2.05) is 4.40 Å². The molecule has 2 heterocycles. The number of fused-ring (bicyclic) bond motifs is 1. The Morgan fingerprint density at radius 3 is 3.07 bits per heavy atom. The van der Waals surface area contributed by atoms with Gasteiger partial charge in [-0.25, -0.2) is 9.97 Å². The van der Waals surface area contributed by atoms with Crippen LogP contribution in [0.4, 0.5) is 5.95 Å². The van der Waals surface area contributed by atoms with Gasteiger partial charge >= 0.3 is 0 Å². The third-order valence-corrected chi connectivity index (χ3v) is 2.25. The fourth-order valence-electron chi connectivity index (χ4n) is 1.49. The number of nitrogens with two attached hydrogens (primary N) is 1. The maximum Gasteiger partial charge on any atom is 0.207 e. The van der Waals surface area contributed by atoms with Crippen molar-refractivity contribution in [3.05, 3.63) is 23.2 Å². The summed E-state index contributed by atoms with van der Waals surface area (Å²) in [4.78, 5) is 8.25. The molecule has 4 nitrogen and oxygen atoms in total. The van der Waals surface area contributed by atoms with Crippen molar-refractivity contribution in [1.82, 2.24) is 14.4 Å². The lowest BCUT2D eigenvalue weighted by atomic mass is 10.3. The molecule has 0 aromatic carbocycles. The Kier molecular flexibility index (Phi) is 2.29. The van der Waals surface area contributed by atoms with Crippen molar-refractivity contribution >= 4 is 23.1 Å². The van der Waals surface area contributed by atoms with E-state index in [4.69, 9.17) is 17.3 Å². The molecule has 2 N–H and O–H groups in total. The van der Waals surface area contributed by atoms with Gasteiger partial charge < -0.3 is 5.73 Å². The van der Waals surface area contributed by atoms with E-state index in [1.54, 1.807) is 12.3 Å². The van der Waals surface area contributed by atoms with Gasteiger partial charge in [0.15, 0.2) is 0 Å². The molecule has 2 aromatic rings. The second-order valence-electron chi connectivity index (χ2n) is 3.12. The number of hydrogen-bond donors (Lipinski definition) is 1. The lowest BCUT2D eigenvalue weighted by molar-refractivity contribution is 0.828. The minimum absolute atomic E-state index is 0.397. The first-order valence-electron chi connectivity index (χ1n) is 4.50. The molecule has 0 unspecified atom stereocenters. The third kappa shape index (κ3) is 1.42. The molecule has 74 valence electrons. The van der Waals surface area contributed by atoms with Gasteiger partial charge in [0, 0.05) is 12.5 Å². The molecule has 0 atom stereocenters. The minimum atomic E-state index is 0.397. The standard InChI is InChI=1S/C9H11ClN4/c1-2-3-8-12-5-6-4-7(10)13-9(11)14(6)8/h4-5H,2-3H2,1H3,(H2,11,13). The van der Waals surface area contributed by atoms with Gasteiger partial charge in [-0.2, -0.15) is 0 Å². The maximum absolute atomic E-state index is 5.78. The van der Waals surface area contributed by atoms with Crippen molar-refractivity contribution in [2.75, 3.05) is 5.73 Å². The fourth-order valence-corrected chi connectivity index (χ4v) is 1.68. The Labute approximate surface area is 86.7 Å². The Balaban J connectivity index is 2.66. The molecule has 0 aliphatic heterocycles. The Morgan fingerprint density at radius 2 is 2.36 bits per heavy atom. The Morgan fingerprint density at radius 1 is 1.57 bits per heavy atom. The van der Waals surface area contributed by atoms with Crippen LogP contribution in [0.3, 0.4) is 0 Å². The highest BCUT2D eigenvalue weighted by Crippen LogP contribution is 2.16. The van der Waals surface area contributed by atoms with Gasteiger partial charge in [-0.3, -0.25) is 4.40 Å². The highest BCUT2D eigenvalue weighted by atomic mass is 35.5. The number of hydrogen-bond acceptors (Lipinski definition) is 3. The van der Waals surface area contributed by atoms with Crippen molar-refractivity contribution in [2.24, 2.45) is 0 Å². The zero-order valence-electron chi connectivity index (χ0n) is 7.87. The van der Waals surface area contributed by atoms with Crippen LogP contribution in [0.1, 0.15) is 19.2 Å². The number of aryl methyl sites for hydroxylation is 1. The first-order chi connectivity index (χ1) is 6.72. The number of nitrogens with zero attached hydrogens (tertiary/aromatic N) is 3. The second-order valence-corrected chi connectivity index (χ2v) is 3.51. The lowest BCUT2D eigenvalue weighted by Crippen LogP contribution is -2.03. The molecule has 0 fully saturated rings. The summed E-state index contributed by atoms with van der Waals surface area (Å²) in [5, 5.41) is 0.401. The predicted octanol–water partition coefficient (Wildman–Crippen LogP) is 1.92. The first kappa shape index (κ1) is 9.27. The molecule has 0 saturated heterocycles. The number of anilines is 1. The topological polar surface area (TPSA) is 56.2 Å². The maximum atomic E-state index is 5.78. The summed E-state index contributed by atoms with van der Waals surface area (Å²) in [6.45, 7) is 2.10. The van der Waals surface area contributed by atoms with Crippen LogP contribution in [0.25, 0.3) is 5.52 Å². The molecule has 2 rings (SSSR count). The van der Waals surface area contributed by atoms with Crippen LogP contribution in [0.5, 0.6) is 0 Å². The summed E-state index contributed by atoms with van der Waals surface area (Å²) in [5.74, 6) is 1.33. The van der Waals surface area contributed by atoms with Crippen LogP contribution in [-0.2, 0) is 6.42 Å². The molecule has 0 saturated carbocycles. The molecule has 0 amide bonds.